The Morgan fingerprint density at radius 2 is 2.10 bits per heavy atom. The summed E-state index contributed by atoms with van der Waals surface area (Å²) in [6, 6.07) is 6.99. The first-order valence-corrected chi connectivity index (χ1v) is 10.2. The summed E-state index contributed by atoms with van der Waals surface area (Å²) in [6.07, 6.45) is -2.46. The predicted octanol–water partition coefficient (Wildman–Crippen LogP) is 4.81. The quantitative estimate of drug-likeness (QED) is 0.680. The molecule has 0 aliphatic carbocycles. The van der Waals surface area contributed by atoms with Crippen LogP contribution in [0.15, 0.2) is 30.3 Å². The zero-order chi connectivity index (χ0) is 22.6. The number of nitriles is 1. The topological polar surface area (TPSA) is 82.4 Å². The Morgan fingerprint density at radius 3 is 2.77 bits per heavy atom. The zero-order valence-corrected chi connectivity index (χ0v) is 17.3. The second kappa shape index (κ2) is 9.22. The van der Waals surface area contributed by atoms with E-state index in [0.29, 0.717) is 23.5 Å². The summed E-state index contributed by atoms with van der Waals surface area (Å²) in [7, 11) is 0. The maximum absolute atomic E-state index is 13.1. The second-order valence-electron chi connectivity index (χ2n) is 6.60. The van der Waals surface area contributed by atoms with Crippen molar-refractivity contribution >= 4 is 34.4 Å². The van der Waals surface area contributed by atoms with Crippen molar-refractivity contribution in [3.05, 3.63) is 57.5 Å². The van der Waals surface area contributed by atoms with Crippen molar-refractivity contribution in [1.82, 2.24) is 4.90 Å². The van der Waals surface area contributed by atoms with E-state index in [1.54, 1.807) is 6.92 Å². The Hall–Kier alpha value is -3.32. The molecule has 0 saturated heterocycles. The molecular weight excluding hydrogens is 431 g/mol. The molecule has 0 unspecified atom stereocenters. The minimum absolute atomic E-state index is 0.138. The Morgan fingerprint density at radius 1 is 1.35 bits per heavy atom. The molecule has 1 aromatic carbocycles. The molecule has 2 aromatic rings. The molecule has 162 valence electrons. The molecule has 1 aromatic heterocycles. The number of amides is 2. The van der Waals surface area contributed by atoms with E-state index < -0.39 is 23.7 Å². The van der Waals surface area contributed by atoms with E-state index in [4.69, 9.17) is 4.74 Å². The van der Waals surface area contributed by atoms with E-state index in [2.05, 4.69) is 11.4 Å². The maximum atomic E-state index is 13.1. The van der Waals surface area contributed by atoms with E-state index >= 15 is 0 Å². The minimum atomic E-state index is -4.54. The highest BCUT2D eigenvalue weighted by Crippen LogP contribution is 2.37. The SMILES string of the molecule is CCOC(=O)N1CCc2c(sc(NC(=O)/C=C/c3ccccc3C(F)(F)F)c2C#N)C1. The summed E-state index contributed by atoms with van der Waals surface area (Å²) in [5, 5.41) is 12.4. The van der Waals surface area contributed by atoms with Gasteiger partial charge in [0.05, 0.1) is 24.3 Å². The van der Waals surface area contributed by atoms with Crippen molar-refractivity contribution in [2.75, 3.05) is 18.5 Å². The van der Waals surface area contributed by atoms with Gasteiger partial charge in [-0.3, -0.25) is 4.79 Å². The third kappa shape index (κ3) is 5.06. The standard InChI is InChI=1S/C21H18F3N3O3S/c1-2-30-20(29)27-10-9-14-15(11-25)19(31-17(14)12-27)26-18(28)8-7-13-5-3-4-6-16(13)21(22,23)24/h3-8H,2,9-10,12H2,1H3,(H,26,28)/b8-7+. The molecule has 2 heterocycles. The first kappa shape index (κ1) is 22.4. The normalized spacial score (nSPS) is 13.6. The first-order valence-electron chi connectivity index (χ1n) is 9.36. The van der Waals surface area contributed by atoms with Gasteiger partial charge in [0.25, 0.3) is 0 Å². The van der Waals surface area contributed by atoms with Crippen molar-refractivity contribution in [2.45, 2.75) is 26.1 Å². The highest BCUT2D eigenvalue weighted by atomic mass is 32.1. The molecule has 10 heteroatoms. The van der Waals surface area contributed by atoms with Crippen LogP contribution in [0.1, 0.15) is 34.1 Å². The monoisotopic (exact) mass is 449 g/mol. The number of hydrogen-bond acceptors (Lipinski definition) is 5. The summed E-state index contributed by atoms with van der Waals surface area (Å²) in [6.45, 7) is 2.61. The number of carbonyl (C=O) groups excluding carboxylic acids is 2. The van der Waals surface area contributed by atoms with Crippen LogP contribution < -0.4 is 5.32 Å². The number of carbonyl (C=O) groups is 2. The van der Waals surface area contributed by atoms with Crippen molar-refractivity contribution in [2.24, 2.45) is 0 Å². The molecule has 0 spiro atoms. The van der Waals surface area contributed by atoms with Gasteiger partial charge in [-0.1, -0.05) is 18.2 Å². The van der Waals surface area contributed by atoms with Crippen LogP contribution in [0.3, 0.4) is 0 Å². The number of halogens is 3. The molecular formula is C21H18F3N3O3S. The van der Waals surface area contributed by atoms with Crippen LogP contribution in [0.4, 0.5) is 23.0 Å². The molecule has 2 amide bonds. The lowest BCUT2D eigenvalue weighted by atomic mass is 10.0. The molecule has 1 N–H and O–H groups in total. The van der Waals surface area contributed by atoms with Crippen molar-refractivity contribution in [1.29, 1.82) is 5.26 Å². The Labute approximate surface area is 180 Å². The van der Waals surface area contributed by atoms with Crippen LogP contribution in [-0.2, 0) is 28.7 Å². The Bertz CT molecular complexity index is 1070. The molecule has 0 radical (unpaired) electrons. The largest absolute Gasteiger partial charge is 0.450 e. The van der Waals surface area contributed by atoms with Gasteiger partial charge in [-0.15, -0.1) is 11.3 Å². The van der Waals surface area contributed by atoms with Crippen molar-refractivity contribution < 1.29 is 27.5 Å². The Balaban J connectivity index is 1.77. The van der Waals surface area contributed by atoms with Gasteiger partial charge in [-0.25, -0.2) is 4.79 Å². The molecule has 0 saturated carbocycles. The zero-order valence-electron chi connectivity index (χ0n) is 16.5. The van der Waals surface area contributed by atoms with Gasteiger partial charge < -0.3 is 15.0 Å². The summed E-state index contributed by atoms with van der Waals surface area (Å²) in [5.74, 6) is -0.658. The van der Waals surface area contributed by atoms with E-state index in [9.17, 15) is 28.0 Å². The fraction of sp³-hybridized carbons (Fsp3) is 0.286. The lowest BCUT2D eigenvalue weighted by Gasteiger charge is -2.25. The number of nitrogens with one attached hydrogen (secondary N) is 1. The third-order valence-corrected chi connectivity index (χ3v) is 5.74. The molecule has 3 rings (SSSR count). The number of thiophene rings is 1. The highest BCUT2D eigenvalue weighted by Gasteiger charge is 2.32. The first-order chi connectivity index (χ1) is 14.7. The van der Waals surface area contributed by atoms with Crippen LogP contribution >= 0.6 is 11.3 Å². The predicted molar refractivity (Wildman–Crippen MR) is 109 cm³/mol. The lowest BCUT2D eigenvalue weighted by Crippen LogP contribution is -2.35. The average Bonchev–Trinajstić information content (AvgIpc) is 3.07. The number of benzene rings is 1. The summed E-state index contributed by atoms with van der Waals surface area (Å²) in [5.41, 5.74) is 0.0827. The summed E-state index contributed by atoms with van der Waals surface area (Å²) in [4.78, 5) is 26.5. The van der Waals surface area contributed by atoms with Crippen LogP contribution in [0.5, 0.6) is 0 Å². The van der Waals surface area contributed by atoms with Gasteiger partial charge in [-0.2, -0.15) is 18.4 Å². The summed E-state index contributed by atoms with van der Waals surface area (Å²) < 4.78 is 44.2. The number of hydrogen-bond donors (Lipinski definition) is 1. The summed E-state index contributed by atoms with van der Waals surface area (Å²) >= 11 is 1.17. The van der Waals surface area contributed by atoms with Gasteiger partial charge in [0, 0.05) is 17.5 Å². The number of fused-ring (bicyclic) bond motifs is 1. The molecule has 6 nitrogen and oxygen atoms in total. The van der Waals surface area contributed by atoms with E-state index in [1.165, 1.54) is 34.4 Å². The van der Waals surface area contributed by atoms with Gasteiger partial charge in [0.1, 0.15) is 11.1 Å². The lowest BCUT2D eigenvalue weighted by molar-refractivity contribution is -0.137. The second-order valence-corrected chi connectivity index (χ2v) is 7.70. The molecule has 0 atom stereocenters. The maximum Gasteiger partial charge on any atom is 0.416 e. The average molecular weight is 449 g/mol. The van der Waals surface area contributed by atoms with E-state index in [0.717, 1.165) is 28.7 Å². The number of alkyl halides is 3. The molecule has 0 fully saturated rings. The third-order valence-electron chi connectivity index (χ3n) is 4.61. The van der Waals surface area contributed by atoms with Crippen molar-refractivity contribution in [3.8, 4) is 6.07 Å². The highest BCUT2D eigenvalue weighted by molar-refractivity contribution is 7.16. The minimum Gasteiger partial charge on any atom is -0.450 e. The molecule has 31 heavy (non-hydrogen) atoms. The number of rotatable bonds is 4. The fourth-order valence-corrected chi connectivity index (χ4v) is 4.42. The van der Waals surface area contributed by atoms with Crippen LogP contribution in [0, 0.1) is 11.3 Å². The fourth-order valence-electron chi connectivity index (χ4n) is 3.20. The van der Waals surface area contributed by atoms with Crippen LogP contribution in [0.25, 0.3) is 6.08 Å². The molecule has 0 bridgehead atoms. The molecule has 1 aliphatic heterocycles. The smallest absolute Gasteiger partial charge is 0.416 e. The van der Waals surface area contributed by atoms with Gasteiger partial charge in [0.2, 0.25) is 5.91 Å². The van der Waals surface area contributed by atoms with Crippen LogP contribution in [-0.4, -0.2) is 30.1 Å². The van der Waals surface area contributed by atoms with Crippen LogP contribution in [0.2, 0.25) is 0 Å². The number of anilines is 1. The van der Waals surface area contributed by atoms with Gasteiger partial charge >= 0.3 is 12.3 Å². The number of nitrogens with zero attached hydrogens (tertiary/aromatic N) is 2. The molecule has 1 aliphatic rings. The Kier molecular flexibility index (Phi) is 6.65. The van der Waals surface area contributed by atoms with Crippen molar-refractivity contribution in [3.63, 3.8) is 0 Å². The van der Waals surface area contributed by atoms with Gasteiger partial charge in [-0.05, 0) is 36.6 Å². The van der Waals surface area contributed by atoms with Gasteiger partial charge in [0.15, 0.2) is 0 Å². The van der Waals surface area contributed by atoms with E-state index in [1.807, 2.05) is 0 Å². The number of ether oxygens (including phenoxy) is 1. The van der Waals surface area contributed by atoms with E-state index in [-0.39, 0.29) is 18.7 Å².